The van der Waals surface area contributed by atoms with Gasteiger partial charge < -0.3 is 20.1 Å². The average Bonchev–Trinajstić information content (AvgIpc) is 2.98. The van der Waals surface area contributed by atoms with Crippen LogP contribution in [0.15, 0.2) is 18.2 Å². The summed E-state index contributed by atoms with van der Waals surface area (Å²) in [5, 5.41) is 5.10. The third kappa shape index (κ3) is 6.32. The van der Waals surface area contributed by atoms with Crippen molar-refractivity contribution in [1.82, 2.24) is 5.32 Å². The molecule has 0 atom stereocenters. The van der Waals surface area contributed by atoms with Crippen LogP contribution >= 0.6 is 11.3 Å². The quantitative estimate of drug-likeness (QED) is 0.594. The Morgan fingerprint density at radius 2 is 1.84 bits per heavy atom. The molecule has 0 saturated carbocycles. The van der Waals surface area contributed by atoms with Crippen LogP contribution in [0, 0.1) is 25.5 Å². The van der Waals surface area contributed by atoms with Crippen molar-refractivity contribution in [3.05, 3.63) is 51.4 Å². The Bertz CT molecular complexity index is 1020. The lowest BCUT2D eigenvalue weighted by Crippen LogP contribution is -2.28. The Balaban J connectivity index is 1.80. The lowest BCUT2D eigenvalue weighted by molar-refractivity contribution is -0.147. The second kappa shape index (κ2) is 10.6. The molecule has 0 aliphatic carbocycles. The summed E-state index contributed by atoms with van der Waals surface area (Å²) in [5.74, 6) is -4.69. The number of carbonyl (C=O) groups is 4. The van der Waals surface area contributed by atoms with Gasteiger partial charge in [-0.3, -0.25) is 14.4 Å². The normalized spacial score (nSPS) is 10.4. The van der Waals surface area contributed by atoms with Gasteiger partial charge in [0, 0.05) is 17.5 Å². The van der Waals surface area contributed by atoms with Crippen molar-refractivity contribution in [1.29, 1.82) is 0 Å². The van der Waals surface area contributed by atoms with Crippen LogP contribution in [0.4, 0.5) is 13.8 Å². The zero-order valence-electron chi connectivity index (χ0n) is 17.0. The van der Waals surface area contributed by atoms with Gasteiger partial charge >= 0.3 is 11.9 Å². The highest BCUT2D eigenvalue weighted by molar-refractivity contribution is 7.16. The summed E-state index contributed by atoms with van der Waals surface area (Å²) in [6.07, 6.45) is -0.271. The summed E-state index contributed by atoms with van der Waals surface area (Å²) in [6, 6.07) is 2.50. The first-order valence-electron chi connectivity index (χ1n) is 9.01. The molecule has 2 amide bonds. The van der Waals surface area contributed by atoms with Gasteiger partial charge in [-0.15, -0.1) is 11.3 Å². The minimum absolute atomic E-state index is 0.175. The molecule has 0 unspecified atom stereocenters. The summed E-state index contributed by atoms with van der Waals surface area (Å²) in [5.41, 5.74) is 0.551. The van der Waals surface area contributed by atoms with Crippen LogP contribution in [0.1, 0.15) is 37.6 Å². The molecule has 2 aromatic rings. The molecule has 1 aromatic heterocycles. The van der Waals surface area contributed by atoms with Crippen molar-refractivity contribution in [3.63, 3.8) is 0 Å². The number of rotatable bonds is 8. The Morgan fingerprint density at radius 1 is 1.13 bits per heavy atom. The SMILES string of the molecule is COC(=O)c1c(NC(=O)COC(=O)CCNC(=O)c2ccc(F)cc2F)sc(C)c1C. The zero-order chi connectivity index (χ0) is 23.1. The number of anilines is 1. The van der Waals surface area contributed by atoms with E-state index in [1.165, 1.54) is 18.4 Å². The number of carbonyl (C=O) groups excluding carboxylic acids is 4. The highest BCUT2D eigenvalue weighted by atomic mass is 32.1. The highest BCUT2D eigenvalue weighted by Crippen LogP contribution is 2.32. The first-order valence-corrected chi connectivity index (χ1v) is 9.82. The Hall–Kier alpha value is -3.34. The minimum Gasteiger partial charge on any atom is -0.465 e. The third-order valence-corrected chi connectivity index (χ3v) is 5.31. The predicted octanol–water partition coefficient (Wildman–Crippen LogP) is 2.73. The van der Waals surface area contributed by atoms with E-state index in [0.717, 1.165) is 17.0 Å². The molecule has 1 aromatic carbocycles. The number of hydrogen-bond donors (Lipinski definition) is 2. The third-order valence-electron chi connectivity index (χ3n) is 4.18. The maximum Gasteiger partial charge on any atom is 0.341 e. The van der Waals surface area contributed by atoms with Gasteiger partial charge in [-0.1, -0.05) is 0 Å². The monoisotopic (exact) mass is 454 g/mol. The fraction of sp³-hybridized carbons (Fsp3) is 0.300. The number of aryl methyl sites for hydroxylation is 1. The van der Waals surface area contributed by atoms with Crippen LogP contribution in [-0.4, -0.2) is 44.0 Å². The number of hydrogen-bond acceptors (Lipinski definition) is 7. The fourth-order valence-electron chi connectivity index (χ4n) is 2.49. The second-order valence-corrected chi connectivity index (χ2v) is 7.54. The Labute approximate surface area is 180 Å². The van der Waals surface area contributed by atoms with Crippen LogP contribution in [0.2, 0.25) is 0 Å². The lowest BCUT2D eigenvalue weighted by atomic mass is 10.1. The first-order chi connectivity index (χ1) is 14.6. The van der Waals surface area contributed by atoms with Gasteiger partial charge in [0.05, 0.1) is 24.7 Å². The molecule has 0 saturated heterocycles. The van der Waals surface area contributed by atoms with Crippen molar-refractivity contribution in [2.24, 2.45) is 0 Å². The van der Waals surface area contributed by atoms with Gasteiger partial charge in [-0.05, 0) is 31.5 Å². The molecule has 0 radical (unpaired) electrons. The molecule has 31 heavy (non-hydrogen) atoms. The summed E-state index contributed by atoms with van der Waals surface area (Å²) in [6.45, 7) is 2.73. The molecule has 0 fully saturated rings. The smallest absolute Gasteiger partial charge is 0.341 e. The topological polar surface area (TPSA) is 111 Å². The van der Waals surface area contributed by atoms with E-state index in [-0.39, 0.29) is 29.1 Å². The number of benzene rings is 1. The van der Waals surface area contributed by atoms with Crippen molar-refractivity contribution in [2.75, 3.05) is 25.6 Å². The van der Waals surface area contributed by atoms with E-state index in [1.807, 2.05) is 0 Å². The van der Waals surface area contributed by atoms with Crippen molar-refractivity contribution in [3.8, 4) is 0 Å². The largest absolute Gasteiger partial charge is 0.465 e. The number of thiophene rings is 1. The minimum atomic E-state index is -1.03. The van der Waals surface area contributed by atoms with Crippen molar-refractivity contribution in [2.45, 2.75) is 20.3 Å². The molecule has 8 nitrogen and oxygen atoms in total. The van der Waals surface area contributed by atoms with Gasteiger partial charge in [-0.2, -0.15) is 0 Å². The maximum atomic E-state index is 13.5. The van der Waals surface area contributed by atoms with Gasteiger partial charge in [-0.25, -0.2) is 13.6 Å². The molecule has 1 heterocycles. The molecule has 0 aliphatic heterocycles. The number of nitrogens with one attached hydrogen (secondary N) is 2. The van der Waals surface area contributed by atoms with Crippen LogP contribution in [0.3, 0.4) is 0 Å². The van der Waals surface area contributed by atoms with Crippen LogP contribution < -0.4 is 10.6 Å². The molecule has 0 bridgehead atoms. The van der Waals surface area contributed by atoms with E-state index in [2.05, 4.69) is 10.6 Å². The van der Waals surface area contributed by atoms with E-state index < -0.39 is 42.0 Å². The van der Waals surface area contributed by atoms with Crippen LogP contribution in [0.5, 0.6) is 0 Å². The van der Waals surface area contributed by atoms with Gasteiger partial charge in [0.15, 0.2) is 6.61 Å². The number of esters is 2. The Morgan fingerprint density at radius 3 is 2.48 bits per heavy atom. The lowest BCUT2D eigenvalue weighted by Gasteiger charge is -2.08. The molecule has 2 N–H and O–H groups in total. The highest BCUT2D eigenvalue weighted by Gasteiger charge is 2.22. The van der Waals surface area contributed by atoms with E-state index >= 15 is 0 Å². The summed E-state index contributed by atoms with van der Waals surface area (Å²) in [7, 11) is 1.23. The number of halogens is 2. The van der Waals surface area contributed by atoms with E-state index in [1.54, 1.807) is 13.8 Å². The van der Waals surface area contributed by atoms with Crippen LogP contribution in [-0.2, 0) is 19.1 Å². The standard InChI is InChI=1S/C20H20F2N2O6S/c1-10-11(2)31-19(17(10)20(28)29-3)24-15(25)9-30-16(26)6-7-23-18(27)13-5-4-12(21)8-14(13)22/h4-5,8H,6-7,9H2,1-3H3,(H,23,27)(H,24,25). The van der Waals surface area contributed by atoms with E-state index in [9.17, 15) is 28.0 Å². The molecule has 166 valence electrons. The summed E-state index contributed by atoms with van der Waals surface area (Å²) >= 11 is 1.19. The predicted molar refractivity (Wildman–Crippen MR) is 108 cm³/mol. The first kappa shape index (κ1) is 23.9. The fourth-order valence-corrected chi connectivity index (χ4v) is 3.56. The van der Waals surface area contributed by atoms with Crippen molar-refractivity contribution < 1.29 is 37.4 Å². The summed E-state index contributed by atoms with van der Waals surface area (Å²) in [4.78, 5) is 48.4. The maximum absolute atomic E-state index is 13.5. The molecular formula is C20H20F2N2O6S. The number of methoxy groups -OCH3 is 1. The van der Waals surface area contributed by atoms with Crippen LogP contribution in [0.25, 0.3) is 0 Å². The average molecular weight is 454 g/mol. The second-order valence-electron chi connectivity index (χ2n) is 6.32. The van der Waals surface area contributed by atoms with Gasteiger partial charge in [0.1, 0.15) is 16.6 Å². The summed E-state index contributed by atoms with van der Waals surface area (Å²) < 4.78 is 36.0. The molecule has 2 rings (SSSR count). The van der Waals surface area contributed by atoms with E-state index in [0.29, 0.717) is 11.6 Å². The number of amides is 2. The Kier molecular flexibility index (Phi) is 8.20. The van der Waals surface area contributed by atoms with Gasteiger partial charge in [0.25, 0.3) is 11.8 Å². The molecule has 0 aliphatic rings. The molecule has 0 spiro atoms. The molecular weight excluding hydrogens is 434 g/mol. The molecule has 11 heteroatoms. The number of ether oxygens (including phenoxy) is 2. The van der Waals surface area contributed by atoms with Crippen molar-refractivity contribution >= 4 is 40.1 Å². The van der Waals surface area contributed by atoms with Gasteiger partial charge in [0.2, 0.25) is 0 Å². The zero-order valence-corrected chi connectivity index (χ0v) is 17.8. The van der Waals surface area contributed by atoms with E-state index in [4.69, 9.17) is 9.47 Å².